The predicted octanol–water partition coefficient (Wildman–Crippen LogP) is -1.46. The lowest BCUT2D eigenvalue weighted by atomic mass is 10.1. The van der Waals surface area contributed by atoms with Gasteiger partial charge in [0.05, 0.1) is 25.4 Å². The van der Waals surface area contributed by atoms with E-state index in [4.69, 9.17) is 4.74 Å². The second-order valence-corrected chi connectivity index (χ2v) is 5.28. The largest absolute Gasteiger partial charge is 0.390 e. The van der Waals surface area contributed by atoms with E-state index >= 15 is 0 Å². The number of carbonyl (C=O) groups is 1. The predicted molar refractivity (Wildman–Crippen MR) is 67.3 cm³/mol. The molecule has 6 nitrogen and oxygen atoms in total. The molecule has 0 radical (unpaired) electrons. The summed E-state index contributed by atoms with van der Waals surface area (Å²) >= 11 is 0. The van der Waals surface area contributed by atoms with Crippen LogP contribution in [0.15, 0.2) is 0 Å². The van der Waals surface area contributed by atoms with E-state index < -0.39 is 6.10 Å². The zero-order valence-corrected chi connectivity index (χ0v) is 11.1. The number of aliphatic hydroxyl groups is 1. The lowest BCUT2D eigenvalue weighted by molar-refractivity contribution is -0.136. The molecule has 3 unspecified atom stereocenters. The maximum atomic E-state index is 12.1. The summed E-state index contributed by atoms with van der Waals surface area (Å²) in [7, 11) is 0. The van der Waals surface area contributed by atoms with Gasteiger partial charge < -0.3 is 20.5 Å². The van der Waals surface area contributed by atoms with Crippen molar-refractivity contribution >= 4 is 5.91 Å². The van der Waals surface area contributed by atoms with E-state index in [-0.39, 0.29) is 24.0 Å². The number of nitrogens with zero attached hydrogens (tertiary/aromatic N) is 1. The van der Waals surface area contributed by atoms with Crippen molar-refractivity contribution in [3.8, 4) is 0 Å². The Morgan fingerprint density at radius 3 is 2.89 bits per heavy atom. The van der Waals surface area contributed by atoms with Gasteiger partial charge in [-0.2, -0.15) is 0 Å². The van der Waals surface area contributed by atoms with Gasteiger partial charge in [0.2, 0.25) is 5.91 Å². The van der Waals surface area contributed by atoms with Crippen molar-refractivity contribution in [2.24, 2.45) is 0 Å². The molecule has 6 heteroatoms. The number of carbonyl (C=O) groups excluding carboxylic acids is 1. The number of rotatable bonds is 3. The summed E-state index contributed by atoms with van der Waals surface area (Å²) in [4.78, 5) is 14.2. The van der Waals surface area contributed by atoms with Gasteiger partial charge in [-0.3, -0.25) is 9.69 Å². The van der Waals surface area contributed by atoms with Gasteiger partial charge in [-0.25, -0.2) is 0 Å². The maximum absolute atomic E-state index is 12.1. The van der Waals surface area contributed by atoms with Gasteiger partial charge in [0.1, 0.15) is 6.04 Å². The number of aliphatic hydroxyl groups excluding tert-OH is 1. The molecule has 2 heterocycles. The SMILES string of the molecule is CC(C)NC(=O)C1COCCN1C1CNCC1O. The van der Waals surface area contributed by atoms with Crippen LogP contribution in [0.5, 0.6) is 0 Å². The van der Waals surface area contributed by atoms with Gasteiger partial charge in [-0.1, -0.05) is 0 Å². The minimum Gasteiger partial charge on any atom is -0.390 e. The van der Waals surface area contributed by atoms with E-state index in [0.717, 1.165) is 6.54 Å². The molecule has 2 aliphatic rings. The lowest BCUT2D eigenvalue weighted by Gasteiger charge is -2.39. The van der Waals surface area contributed by atoms with Crippen LogP contribution in [-0.2, 0) is 9.53 Å². The summed E-state index contributed by atoms with van der Waals surface area (Å²) in [5.74, 6) is -0.0104. The molecule has 1 amide bonds. The van der Waals surface area contributed by atoms with Crippen LogP contribution < -0.4 is 10.6 Å². The van der Waals surface area contributed by atoms with Crippen molar-refractivity contribution in [3.05, 3.63) is 0 Å². The van der Waals surface area contributed by atoms with E-state index in [0.29, 0.717) is 26.3 Å². The second-order valence-electron chi connectivity index (χ2n) is 5.28. The maximum Gasteiger partial charge on any atom is 0.239 e. The molecule has 0 aromatic heterocycles. The van der Waals surface area contributed by atoms with Crippen LogP contribution in [0.3, 0.4) is 0 Å². The Morgan fingerprint density at radius 2 is 2.28 bits per heavy atom. The topological polar surface area (TPSA) is 73.8 Å². The van der Waals surface area contributed by atoms with Gasteiger partial charge in [-0.05, 0) is 13.8 Å². The van der Waals surface area contributed by atoms with Crippen LogP contribution >= 0.6 is 0 Å². The zero-order valence-electron chi connectivity index (χ0n) is 11.1. The summed E-state index contributed by atoms with van der Waals surface area (Å²) in [6.07, 6.45) is -0.405. The Balaban J connectivity index is 2.03. The molecule has 0 aliphatic carbocycles. The Bertz CT molecular complexity index is 298. The summed E-state index contributed by atoms with van der Waals surface area (Å²) in [6, 6.07) is -0.162. The molecule has 0 spiro atoms. The molecule has 2 aliphatic heterocycles. The fraction of sp³-hybridized carbons (Fsp3) is 0.917. The molecular weight excluding hydrogens is 234 g/mol. The highest BCUT2D eigenvalue weighted by Gasteiger charge is 2.39. The highest BCUT2D eigenvalue weighted by Crippen LogP contribution is 2.16. The van der Waals surface area contributed by atoms with Gasteiger partial charge in [0.25, 0.3) is 0 Å². The molecule has 2 saturated heterocycles. The molecule has 104 valence electrons. The first-order valence-corrected chi connectivity index (χ1v) is 6.62. The molecule has 0 aromatic carbocycles. The van der Waals surface area contributed by atoms with E-state index in [1.54, 1.807) is 0 Å². The molecule has 3 atom stereocenters. The zero-order chi connectivity index (χ0) is 13.1. The summed E-state index contributed by atoms with van der Waals surface area (Å²) < 4.78 is 5.41. The first kappa shape index (κ1) is 13.7. The smallest absolute Gasteiger partial charge is 0.239 e. The molecular formula is C12H23N3O3. The first-order chi connectivity index (χ1) is 8.59. The summed E-state index contributed by atoms with van der Waals surface area (Å²) in [5, 5.41) is 16.0. The highest BCUT2D eigenvalue weighted by atomic mass is 16.5. The summed E-state index contributed by atoms with van der Waals surface area (Å²) in [6.45, 7) is 6.93. The molecule has 0 saturated carbocycles. The van der Waals surface area contributed by atoms with Crippen LogP contribution in [0.2, 0.25) is 0 Å². The number of hydrogen-bond donors (Lipinski definition) is 3. The third-order valence-corrected chi connectivity index (χ3v) is 3.48. The standard InChI is InChI=1S/C12H23N3O3/c1-8(2)14-12(17)10-7-18-4-3-15(10)9-5-13-6-11(9)16/h8-11,13,16H,3-7H2,1-2H3,(H,14,17). The van der Waals surface area contributed by atoms with Crippen molar-refractivity contribution in [3.63, 3.8) is 0 Å². The molecule has 2 rings (SSSR count). The fourth-order valence-corrected chi connectivity index (χ4v) is 2.61. The minimum atomic E-state index is -0.405. The van der Waals surface area contributed by atoms with Gasteiger partial charge in [0, 0.05) is 25.7 Å². The molecule has 0 bridgehead atoms. The summed E-state index contributed by atoms with van der Waals surface area (Å²) in [5.41, 5.74) is 0. The Morgan fingerprint density at radius 1 is 1.50 bits per heavy atom. The van der Waals surface area contributed by atoms with E-state index in [9.17, 15) is 9.90 Å². The quantitative estimate of drug-likeness (QED) is 0.576. The average molecular weight is 257 g/mol. The molecule has 3 N–H and O–H groups in total. The average Bonchev–Trinajstić information content (AvgIpc) is 2.74. The van der Waals surface area contributed by atoms with Crippen molar-refractivity contribution < 1.29 is 14.6 Å². The Kier molecular flexibility index (Phi) is 4.55. The number of morpholine rings is 1. The van der Waals surface area contributed by atoms with Crippen molar-refractivity contribution in [1.82, 2.24) is 15.5 Å². The van der Waals surface area contributed by atoms with Crippen LogP contribution in [0, 0.1) is 0 Å². The molecule has 18 heavy (non-hydrogen) atoms. The number of nitrogens with one attached hydrogen (secondary N) is 2. The van der Waals surface area contributed by atoms with Crippen LogP contribution in [-0.4, -0.2) is 73.0 Å². The van der Waals surface area contributed by atoms with Crippen LogP contribution in [0.4, 0.5) is 0 Å². The monoisotopic (exact) mass is 257 g/mol. The molecule has 0 aromatic rings. The Hall–Kier alpha value is -0.690. The third-order valence-electron chi connectivity index (χ3n) is 3.48. The number of ether oxygens (including phenoxy) is 1. The Labute approximate surface area is 108 Å². The fourth-order valence-electron chi connectivity index (χ4n) is 2.61. The number of hydrogen-bond acceptors (Lipinski definition) is 5. The van der Waals surface area contributed by atoms with E-state index in [1.165, 1.54) is 0 Å². The normalized spacial score (nSPS) is 33.9. The number of amides is 1. The molecule has 2 fully saturated rings. The highest BCUT2D eigenvalue weighted by molar-refractivity contribution is 5.82. The van der Waals surface area contributed by atoms with Crippen molar-refractivity contribution in [1.29, 1.82) is 0 Å². The third kappa shape index (κ3) is 3.00. The van der Waals surface area contributed by atoms with Gasteiger partial charge >= 0.3 is 0 Å². The lowest BCUT2D eigenvalue weighted by Crippen LogP contribution is -2.60. The van der Waals surface area contributed by atoms with Crippen LogP contribution in [0.1, 0.15) is 13.8 Å². The van der Waals surface area contributed by atoms with E-state index in [1.807, 2.05) is 13.8 Å². The van der Waals surface area contributed by atoms with Crippen molar-refractivity contribution in [2.45, 2.75) is 38.1 Å². The first-order valence-electron chi connectivity index (χ1n) is 6.62. The van der Waals surface area contributed by atoms with E-state index in [2.05, 4.69) is 15.5 Å². The number of β-amino-alcohol motifs (C(OH)–C–C–N with tert-alkyl or cyclic N) is 1. The van der Waals surface area contributed by atoms with Crippen LogP contribution in [0.25, 0.3) is 0 Å². The second kappa shape index (κ2) is 5.97. The van der Waals surface area contributed by atoms with Gasteiger partial charge in [-0.15, -0.1) is 0 Å². The van der Waals surface area contributed by atoms with Gasteiger partial charge in [0.15, 0.2) is 0 Å². The van der Waals surface area contributed by atoms with Crippen molar-refractivity contribution in [2.75, 3.05) is 32.8 Å². The minimum absolute atomic E-state index is 0.0104.